The van der Waals surface area contributed by atoms with E-state index in [0.29, 0.717) is 11.4 Å². The molecule has 1 aromatic heterocycles. The molecule has 0 N–H and O–H groups in total. The van der Waals surface area contributed by atoms with Crippen molar-refractivity contribution in [3.63, 3.8) is 0 Å². The Hall–Kier alpha value is -1.38. The third kappa shape index (κ3) is 1.39. The SMILES string of the molecule is COc1cccnc1C(=O)C1(C)CC1. The minimum absolute atomic E-state index is 0.106. The van der Waals surface area contributed by atoms with Gasteiger partial charge >= 0.3 is 0 Å². The van der Waals surface area contributed by atoms with Gasteiger partial charge in [0.05, 0.1) is 7.11 Å². The Morgan fingerprint density at radius 3 is 2.86 bits per heavy atom. The second-order valence-corrected chi connectivity index (χ2v) is 3.94. The lowest BCUT2D eigenvalue weighted by molar-refractivity contribution is 0.0904. The largest absolute Gasteiger partial charge is 0.494 e. The van der Waals surface area contributed by atoms with Crippen LogP contribution in [0.3, 0.4) is 0 Å². The van der Waals surface area contributed by atoms with Crippen LogP contribution in [0.1, 0.15) is 30.3 Å². The third-order valence-electron chi connectivity index (χ3n) is 2.75. The zero-order valence-corrected chi connectivity index (χ0v) is 8.41. The van der Waals surface area contributed by atoms with Crippen molar-refractivity contribution in [3.05, 3.63) is 24.0 Å². The molecule has 0 radical (unpaired) electrons. The molecule has 0 amide bonds. The molecule has 0 aliphatic heterocycles. The number of ketones is 1. The molecule has 1 saturated carbocycles. The van der Waals surface area contributed by atoms with Crippen molar-refractivity contribution < 1.29 is 9.53 Å². The number of methoxy groups -OCH3 is 1. The number of hydrogen-bond acceptors (Lipinski definition) is 3. The number of carbonyl (C=O) groups excluding carboxylic acids is 1. The average molecular weight is 191 g/mol. The Kier molecular flexibility index (Phi) is 2.02. The summed E-state index contributed by atoms with van der Waals surface area (Å²) in [5.74, 6) is 0.681. The van der Waals surface area contributed by atoms with Crippen molar-refractivity contribution in [1.29, 1.82) is 0 Å². The lowest BCUT2D eigenvalue weighted by Crippen LogP contribution is -2.14. The summed E-state index contributed by atoms with van der Waals surface area (Å²) >= 11 is 0. The summed E-state index contributed by atoms with van der Waals surface area (Å²) in [7, 11) is 1.56. The molecule has 1 aromatic rings. The number of Topliss-reactive ketones (excluding diaryl/α,β-unsaturated/α-hetero) is 1. The Balaban J connectivity index is 2.35. The lowest BCUT2D eigenvalue weighted by Gasteiger charge is -2.09. The fourth-order valence-corrected chi connectivity index (χ4v) is 1.43. The Labute approximate surface area is 83.1 Å². The molecule has 0 aromatic carbocycles. The summed E-state index contributed by atoms with van der Waals surface area (Å²) in [5.41, 5.74) is 0.289. The number of hydrogen-bond donors (Lipinski definition) is 0. The van der Waals surface area contributed by atoms with E-state index in [4.69, 9.17) is 4.74 Å². The first kappa shape index (κ1) is 9.19. The smallest absolute Gasteiger partial charge is 0.190 e. The van der Waals surface area contributed by atoms with Crippen molar-refractivity contribution in [2.24, 2.45) is 5.41 Å². The van der Waals surface area contributed by atoms with Crippen molar-refractivity contribution in [2.45, 2.75) is 19.8 Å². The van der Waals surface area contributed by atoms with Crippen molar-refractivity contribution >= 4 is 5.78 Å². The monoisotopic (exact) mass is 191 g/mol. The van der Waals surface area contributed by atoms with E-state index in [1.807, 2.05) is 6.92 Å². The van der Waals surface area contributed by atoms with Gasteiger partial charge in [-0.1, -0.05) is 6.92 Å². The van der Waals surface area contributed by atoms with Gasteiger partial charge in [-0.05, 0) is 25.0 Å². The predicted molar refractivity (Wildman–Crippen MR) is 52.5 cm³/mol. The first-order valence-electron chi connectivity index (χ1n) is 4.71. The van der Waals surface area contributed by atoms with Crippen molar-refractivity contribution in [3.8, 4) is 5.75 Å². The van der Waals surface area contributed by atoms with Crippen LogP contribution < -0.4 is 4.74 Å². The van der Waals surface area contributed by atoms with Crippen LogP contribution in [0.15, 0.2) is 18.3 Å². The molecule has 0 spiro atoms. The number of aromatic nitrogens is 1. The average Bonchev–Trinajstić information content (AvgIpc) is 2.97. The van der Waals surface area contributed by atoms with E-state index in [2.05, 4.69) is 4.98 Å². The third-order valence-corrected chi connectivity index (χ3v) is 2.75. The zero-order valence-electron chi connectivity index (χ0n) is 8.41. The first-order valence-corrected chi connectivity index (χ1v) is 4.71. The van der Waals surface area contributed by atoms with Crippen molar-refractivity contribution in [2.75, 3.05) is 7.11 Å². The van der Waals surface area contributed by atoms with E-state index in [1.165, 1.54) is 0 Å². The lowest BCUT2D eigenvalue weighted by atomic mass is 10.0. The second-order valence-electron chi connectivity index (χ2n) is 3.94. The summed E-state index contributed by atoms with van der Waals surface area (Å²) in [6.45, 7) is 1.98. The summed E-state index contributed by atoms with van der Waals surface area (Å²) < 4.78 is 5.11. The number of carbonyl (C=O) groups is 1. The molecule has 74 valence electrons. The quantitative estimate of drug-likeness (QED) is 0.686. The van der Waals surface area contributed by atoms with Crippen LogP contribution in [0.5, 0.6) is 5.75 Å². The van der Waals surface area contributed by atoms with Gasteiger partial charge in [-0.15, -0.1) is 0 Å². The van der Waals surface area contributed by atoms with Gasteiger partial charge in [0.2, 0.25) is 0 Å². The number of nitrogens with zero attached hydrogens (tertiary/aromatic N) is 1. The fraction of sp³-hybridized carbons (Fsp3) is 0.455. The van der Waals surface area contributed by atoms with Gasteiger partial charge in [0.1, 0.15) is 11.4 Å². The molecule has 0 saturated heterocycles. The maximum atomic E-state index is 12.0. The van der Waals surface area contributed by atoms with E-state index in [0.717, 1.165) is 12.8 Å². The molecule has 3 heteroatoms. The van der Waals surface area contributed by atoms with Crippen LogP contribution in [-0.2, 0) is 0 Å². The molecule has 0 atom stereocenters. The second kappa shape index (κ2) is 3.08. The van der Waals surface area contributed by atoms with E-state index in [1.54, 1.807) is 25.4 Å². The standard InChI is InChI=1S/C11H13NO2/c1-11(5-6-11)10(13)9-8(14-2)4-3-7-12-9/h3-4,7H,5-6H2,1-2H3. The maximum Gasteiger partial charge on any atom is 0.190 e. The molecule has 1 heterocycles. The maximum absolute atomic E-state index is 12.0. The summed E-state index contributed by atoms with van der Waals surface area (Å²) in [4.78, 5) is 16.0. The van der Waals surface area contributed by atoms with Crippen LogP contribution in [0.2, 0.25) is 0 Å². The van der Waals surface area contributed by atoms with Gasteiger partial charge in [0.15, 0.2) is 5.78 Å². The van der Waals surface area contributed by atoms with Crippen LogP contribution in [0.4, 0.5) is 0 Å². The molecule has 3 nitrogen and oxygen atoms in total. The van der Waals surface area contributed by atoms with E-state index >= 15 is 0 Å². The highest BCUT2D eigenvalue weighted by Gasteiger charge is 2.46. The van der Waals surface area contributed by atoms with E-state index in [9.17, 15) is 4.79 Å². The molecule has 14 heavy (non-hydrogen) atoms. The van der Waals surface area contributed by atoms with E-state index < -0.39 is 0 Å². The van der Waals surface area contributed by atoms with Crippen LogP contribution in [0, 0.1) is 5.41 Å². The number of ether oxygens (including phenoxy) is 1. The molecule has 0 bridgehead atoms. The minimum atomic E-state index is -0.179. The summed E-state index contributed by atoms with van der Waals surface area (Å²) in [6.07, 6.45) is 3.55. The van der Waals surface area contributed by atoms with Gasteiger partial charge in [-0.2, -0.15) is 0 Å². The highest BCUT2D eigenvalue weighted by molar-refractivity contribution is 6.02. The molecule has 1 aliphatic rings. The molecule has 0 unspecified atom stereocenters. The summed E-state index contributed by atoms with van der Waals surface area (Å²) in [5, 5.41) is 0. The van der Waals surface area contributed by atoms with Gasteiger partial charge in [0.25, 0.3) is 0 Å². The number of rotatable bonds is 3. The first-order chi connectivity index (χ1) is 6.67. The Morgan fingerprint density at radius 1 is 1.57 bits per heavy atom. The topological polar surface area (TPSA) is 39.2 Å². The van der Waals surface area contributed by atoms with Crippen LogP contribution in [0.25, 0.3) is 0 Å². The van der Waals surface area contributed by atoms with Gasteiger partial charge < -0.3 is 4.74 Å². The summed E-state index contributed by atoms with van der Waals surface area (Å²) in [6, 6.07) is 3.54. The fourth-order valence-electron chi connectivity index (χ4n) is 1.43. The highest BCUT2D eigenvalue weighted by Crippen LogP contribution is 2.48. The van der Waals surface area contributed by atoms with Crippen molar-refractivity contribution in [1.82, 2.24) is 4.98 Å². The minimum Gasteiger partial charge on any atom is -0.494 e. The predicted octanol–water partition coefficient (Wildman–Crippen LogP) is 2.07. The molecular weight excluding hydrogens is 178 g/mol. The normalized spacial score (nSPS) is 17.6. The Morgan fingerprint density at radius 2 is 2.29 bits per heavy atom. The van der Waals surface area contributed by atoms with Crippen LogP contribution in [-0.4, -0.2) is 17.9 Å². The molecule has 1 aliphatic carbocycles. The van der Waals surface area contributed by atoms with E-state index in [-0.39, 0.29) is 11.2 Å². The van der Waals surface area contributed by atoms with Gasteiger partial charge in [0, 0.05) is 11.6 Å². The van der Waals surface area contributed by atoms with Gasteiger partial charge in [-0.3, -0.25) is 4.79 Å². The number of pyridine rings is 1. The van der Waals surface area contributed by atoms with Crippen LogP contribution >= 0.6 is 0 Å². The molecule has 1 fully saturated rings. The Bertz CT molecular complexity index is 369. The zero-order chi connectivity index (χ0) is 10.2. The molecule has 2 rings (SSSR count). The molecular formula is C11H13NO2. The van der Waals surface area contributed by atoms with Gasteiger partial charge in [-0.25, -0.2) is 4.98 Å². The highest BCUT2D eigenvalue weighted by atomic mass is 16.5.